The lowest BCUT2D eigenvalue weighted by molar-refractivity contribution is -0.385. The second-order valence-electron chi connectivity index (χ2n) is 5.95. The number of pyridine rings is 1. The summed E-state index contributed by atoms with van der Waals surface area (Å²) in [6.07, 6.45) is 1.08. The molecule has 0 aliphatic carbocycles. The Kier molecular flexibility index (Phi) is 4.97. The molecule has 26 heavy (non-hydrogen) atoms. The molecule has 0 spiro atoms. The molecule has 3 rings (SSSR count). The molecule has 0 N–H and O–H groups in total. The molecule has 0 bridgehead atoms. The minimum atomic E-state index is -0.609. The number of amides is 1. The van der Waals surface area contributed by atoms with Gasteiger partial charge in [0.25, 0.3) is 11.2 Å². The predicted octanol–water partition coefficient (Wildman–Crippen LogP) is 1.24. The summed E-state index contributed by atoms with van der Waals surface area (Å²) >= 11 is 0. The van der Waals surface area contributed by atoms with Gasteiger partial charge in [0.05, 0.1) is 11.1 Å². The van der Waals surface area contributed by atoms with Crippen LogP contribution >= 0.6 is 0 Å². The van der Waals surface area contributed by atoms with Crippen molar-refractivity contribution in [1.29, 1.82) is 0 Å². The van der Waals surface area contributed by atoms with Gasteiger partial charge in [0.15, 0.2) is 0 Å². The molecular weight excluding hydrogens is 343 g/mol. The van der Waals surface area contributed by atoms with E-state index in [1.165, 1.54) is 12.1 Å². The van der Waals surface area contributed by atoms with Gasteiger partial charge < -0.3 is 9.80 Å². The number of carbonyl (C=O) groups is 1. The molecule has 1 fully saturated rings. The monoisotopic (exact) mass is 360 g/mol. The van der Waals surface area contributed by atoms with Crippen molar-refractivity contribution < 1.29 is 14.1 Å². The Bertz CT molecular complexity index is 873. The molecule has 0 radical (unpaired) electrons. The van der Waals surface area contributed by atoms with Gasteiger partial charge in [-0.2, -0.15) is 0 Å². The maximum Gasteiger partial charge on any atom is 0.285 e. The molecule has 0 unspecified atom stereocenters. The third kappa shape index (κ3) is 3.88. The van der Waals surface area contributed by atoms with E-state index in [-0.39, 0.29) is 24.0 Å². The minimum absolute atomic E-state index is 0.237. The van der Waals surface area contributed by atoms with Gasteiger partial charge in [-0.05, 0) is 24.3 Å². The fourth-order valence-corrected chi connectivity index (χ4v) is 2.86. The van der Waals surface area contributed by atoms with Crippen LogP contribution in [0.5, 0.6) is 0 Å². The molecule has 136 valence electrons. The summed E-state index contributed by atoms with van der Waals surface area (Å²) < 4.78 is 14.0. The molecule has 0 saturated carbocycles. The molecule has 1 aliphatic heterocycles. The normalized spacial score (nSPS) is 14.3. The second kappa shape index (κ2) is 7.34. The smallest absolute Gasteiger partial charge is 0.285 e. The number of halogens is 1. The maximum atomic E-state index is 13.0. The minimum Gasteiger partial charge on any atom is -0.368 e. The molecule has 2 aromatic rings. The lowest BCUT2D eigenvalue weighted by Crippen LogP contribution is -2.50. The van der Waals surface area contributed by atoms with E-state index >= 15 is 0 Å². The third-order valence-electron chi connectivity index (χ3n) is 4.31. The molecule has 8 nitrogen and oxygen atoms in total. The van der Waals surface area contributed by atoms with Crippen LogP contribution in [0.1, 0.15) is 0 Å². The summed E-state index contributed by atoms with van der Waals surface area (Å²) in [6, 6.07) is 8.36. The zero-order valence-electron chi connectivity index (χ0n) is 13.9. The first kappa shape index (κ1) is 17.6. The molecule has 1 saturated heterocycles. The van der Waals surface area contributed by atoms with Crippen molar-refractivity contribution in [3.8, 4) is 0 Å². The van der Waals surface area contributed by atoms with E-state index in [0.29, 0.717) is 26.2 Å². The van der Waals surface area contributed by atoms with Gasteiger partial charge in [-0.25, -0.2) is 4.39 Å². The number of rotatable bonds is 4. The number of hydrogen-bond acceptors (Lipinski definition) is 5. The van der Waals surface area contributed by atoms with E-state index in [1.807, 2.05) is 4.90 Å². The maximum absolute atomic E-state index is 13.0. The fraction of sp³-hybridized carbons (Fsp3) is 0.294. The predicted molar refractivity (Wildman–Crippen MR) is 92.5 cm³/mol. The summed E-state index contributed by atoms with van der Waals surface area (Å²) in [5, 5.41) is 10.8. The van der Waals surface area contributed by atoms with Crippen LogP contribution < -0.4 is 10.5 Å². The third-order valence-corrected chi connectivity index (χ3v) is 4.31. The van der Waals surface area contributed by atoms with Crippen LogP contribution in [0.2, 0.25) is 0 Å². The molecule has 1 aliphatic rings. The number of anilines is 1. The van der Waals surface area contributed by atoms with E-state index in [0.717, 1.165) is 28.6 Å². The summed E-state index contributed by atoms with van der Waals surface area (Å²) in [4.78, 5) is 38.1. The average Bonchev–Trinajstić information content (AvgIpc) is 2.64. The van der Waals surface area contributed by atoms with Crippen LogP contribution in [-0.4, -0.2) is 46.5 Å². The Hall–Kier alpha value is -3.23. The SMILES string of the molecule is O=C(Cn1cc([N+](=O)[O-])ccc1=O)N1CCN(c2ccc(F)cc2)CC1. The highest BCUT2D eigenvalue weighted by atomic mass is 19.1. The standard InChI is InChI=1S/C17H17FN4O4/c18-13-1-3-14(4-2-13)19-7-9-20(10-8-19)17(24)12-21-11-15(22(25)26)5-6-16(21)23/h1-6,11H,7-10,12H2. The number of nitro groups is 1. The summed E-state index contributed by atoms with van der Waals surface area (Å²) in [7, 11) is 0. The van der Waals surface area contributed by atoms with Crippen molar-refractivity contribution >= 4 is 17.3 Å². The molecule has 0 atom stereocenters. The van der Waals surface area contributed by atoms with E-state index in [2.05, 4.69) is 0 Å². The highest BCUT2D eigenvalue weighted by molar-refractivity contribution is 5.76. The van der Waals surface area contributed by atoms with E-state index in [9.17, 15) is 24.1 Å². The number of benzene rings is 1. The molecule has 1 aromatic carbocycles. The number of carbonyl (C=O) groups excluding carboxylic acids is 1. The Labute approximate surface area is 148 Å². The molecular formula is C17H17FN4O4. The van der Waals surface area contributed by atoms with E-state index in [4.69, 9.17) is 0 Å². The molecule has 2 heterocycles. The summed E-state index contributed by atoms with van der Waals surface area (Å²) in [6.45, 7) is 1.85. The Morgan fingerprint density at radius 3 is 2.35 bits per heavy atom. The molecule has 9 heteroatoms. The number of hydrogen-bond donors (Lipinski definition) is 0. The topological polar surface area (TPSA) is 88.7 Å². The van der Waals surface area contributed by atoms with Gasteiger partial charge in [0.1, 0.15) is 12.4 Å². The summed E-state index contributed by atoms with van der Waals surface area (Å²) in [5.74, 6) is -0.573. The Morgan fingerprint density at radius 1 is 1.08 bits per heavy atom. The largest absolute Gasteiger partial charge is 0.368 e. The molecule has 1 amide bonds. The summed E-state index contributed by atoms with van der Waals surface area (Å²) in [5.41, 5.74) is 0.181. The highest BCUT2D eigenvalue weighted by Gasteiger charge is 2.22. The first-order valence-corrected chi connectivity index (χ1v) is 8.07. The van der Waals surface area contributed by atoms with Gasteiger partial charge in [0, 0.05) is 44.0 Å². The zero-order chi connectivity index (χ0) is 18.7. The van der Waals surface area contributed by atoms with Crippen LogP contribution in [0.25, 0.3) is 0 Å². The first-order valence-electron chi connectivity index (χ1n) is 8.07. The van der Waals surface area contributed by atoms with Crippen molar-refractivity contribution in [3.63, 3.8) is 0 Å². The number of nitrogens with zero attached hydrogens (tertiary/aromatic N) is 4. The van der Waals surface area contributed by atoms with Gasteiger partial charge in [0.2, 0.25) is 5.91 Å². The molecule has 1 aromatic heterocycles. The lowest BCUT2D eigenvalue weighted by atomic mass is 10.2. The Morgan fingerprint density at radius 2 is 1.73 bits per heavy atom. The number of aromatic nitrogens is 1. The second-order valence-corrected chi connectivity index (χ2v) is 5.95. The van der Waals surface area contributed by atoms with Crippen molar-refractivity contribution in [1.82, 2.24) is 9.47 Å². The first-order chi connectivity index (χ1) is 12.4. The average molecular weight is 360 g/mol. The highest BCUT2D eigenvalue weighted by Crippen LogP contribution is 2.17. The lowest BCUT2D eigenvalue weighted by Gasteiger charge is -2.36. The van der Waals surface area contributed by atoms with Crippen LogP contribution in [0.15, 0.2) is 47.4 Å². The van der Waals surface area contributed by atoms with E-state index in [1.54, 1.807) is 17.0 Å². The van der Waals surface area contributed by atoms with Gasteiger partial charge >= 0.3 is 0 Å². The Balaban J connectivity index is 1.62. The van der Waals surface area contributed by atoms with Gasteiger partial charge in [-0.1, -0.05) is 0 Å². The van der Waals surface area contributed by atoms with Crippen molar-refractivity contribution in [2.45, 2.75) is 6.54 Å². The quantitative estimate of drug-likeness (QED) is 0.605. The van der Waals surface area contributed by atoms with Crippen molar-refractivity contribution in [2.24, 2.45) is 0 Å². The number of piperazine rings is 1. The van der Waals surface area contributed by atoms with E-state index < -0.39 is 10.5 Å². The van der Waals surface area contributed by atoms with Crippen LogP contribution in [0, 0.1) is 15.9 Å². The van der Waals surface area contributed by atoms with Gasteiger partial charge in [-0.15, -0.1) is 0 Å². The zero-order valence-corrected chi connectivity index (χ0v) is 13.9. The fourth-order valence-electron chi connectivity index (χ4n) is 2.86. The van der Waals surface area contributed by atoms with Crippen LogP contribution in [0.3, 0.4) is 0 Å². The van der Waals surface area contributed by atoms with Crippen LogP contribution in [0.4, 0.5) is 15.8 Å². The van der Waals surface area contributed by atoms with Crippen molar-refractivity contribution in [2.75, 3.05) is 31.1 Å². The van der Waals surface area contributed by atoms with Gasteiger partial charge in [-0.3, -0.25) is 24.3 Å². The van der Waals surface area contributed by atoms with Crippen LogP contribution in [-0.2, 0) is 11.3 Å². The van der Waals surface area contributed by atoms with Crippen molar-refractivity contribution in [3.05, 3.63) is 68.9 Å².